The number of aromatic nitrogens is 4. The van der Waals surface area contributed by atoms with E-state index in [0.29, 0.717) is 24.0 Å². The second-order valence-corrected chi connectivity index (χ2v) is 14.0. The van der Waals surface area contributed by atoms with Crippen molar-refractivity contribution in [3.05, 3.63) is 154 Å². The molecule has 0 saturated heterocycles. The number of carbonyl (C=O) groups excluding carboxylic acids is 2. The number of nitrogens with one attached hydrogen (secondary N) is 2. The molecule has 0 radical (unpaired) electrons. The maximum atomic E-state index is 13.6. The summed E-state index contributed by atoms with van der Waals surface area (Å²) in [7, 11) is 0. The molecule has 5 aromatic rings. The fourth-order valence-electron chi connectivity index (χ4n) is 6.45. The van der Waals surface area contributed by atoms with E-state index in [1.165, 1.54) is 0 Å². The molecule has 0 aliphatic carbocycles. The molecule has 5 heterocycles. The monoisotopic (exact) mass is 630 g/mol. The van der Waals surface area contributed by atoms with Crippen molar-refractivity contribution in [3.63, 3.8) is 0 Å². The molecule has 0 atom stereocenters. The quantitative estimate of drug-likeness (QED) is 0.145. The molecule has 8 bridgehead atoms. The number of H-pyrrole nitrogens is 2. The van der Waals surface area contributed by atoms with Crippen LogP contribution in [-0.4, -0.2) is 31.5 Å². The maximum Gasteiger partial charge on any atom is 0.188 e. The standard InChI is InChI=1S/C42H38N4O2/c1-41(2)25-31-21-35-34(38(48)18-16-28-13-9-6-10-14-28)20-30(44-35)24-40-42(3,4)26-32(46-40)22-36-33(19-29(43-36)23-39(41)45-31)37(47)17-15-27-11-7-5-8-12-27/h5-24,43-44H,25-26H2,1-4H3/b17-15+,18-16+,29-23?,30-24?,31-21?,32-22?,35-21?,36-22?,39-23?,40-24?. The molecule has 2 N–H and O–H groups in total. The largest absolute Gasteiger partial charge is 0.355 e. The average Bonchev–Trinajstić information content (AvgIpc) is 3.79. The molecular weight excluding hydrogens is 592 g/mol. The predicted molar refractivity (Wildman–Crippen MR) is 194 cm³/mol. The summed E-state index contributed by atoms with van der Waals surface area (Å²) in [5.74, 6) is -0.171. The number of hydrogen-bond donors (Lipinski definition) is 2. The van der Waals surface area contributed by atoms with Crippen molar-refractivity contribution in [1.82, 2.24) is 19.9 Å². The summed E-state index contributed by atoms with van der Waals surface area (Å²) in [6.07, 6.45) is 8.35. The van der Waals surface area contributed by atoms with Gasteiger partial charge in [-0.15, -0.1) is 0 Å². The number of carbonyl (C=O) groups is 2. The number of fused-ring (bicyclic) bond motifs is 8. The molecule has 2 aliphatic rings. The van der Waals surface area contributed by atoms with Crippen LogP contribution in [0, 0.1) is 0 Å². The number of hydrogen-bond acceptors (Lipinski definition) is 4. The molecule has 238 valence electrons. The number of benzene rings is 2. The topological polar surface area (TPSA) is 91.5 Å². The van der Waals surface area contributed by atoms with E-state index in [4.69, 9.17) is 9.97 Å². The van der Waals surface area contributed by atoms with Crippen molar-refractivity contribution in [2.75, 3.05) is 0 Å². The van der Waals surface area contributed by atoms with Crippen LogP contribution in [0.25, 0.3) is 34.2 Å². The zero-order chi connectivity index (χ0) is 33.5. The summed E-state index contributed by atoms with van der Waals surface area (Å²) in [4.78, 5) is 44.3. The molecule has 7 rings (SSSR count). The van der Waals surface area contributed by atoms with E-state index < -0.39 is 0 Å². The van der Waals surface area contributed by atoms with Gasteiger partial charge in [0.1, 0.15) is 0 Å². The van der Waals surface area contributed by atoms with Gasteiger partial charge < -0.3 is 9.97 Å². The zero-order valence-corrected chi connectivity index (χ0v) is 27.7. The summed E-state index contributed by atoms with van der Waals surface area (Å²) in [6.45, 7) is 8.65. The van der Waals surface area contributed by atoms with Gasteiger partial charge in [0.05, 0.1) is 11.0 Å². The van der Waals surface area contributed by atoms with Crippen molar-refractivity contribution in [3.8, 4) is 0 Å². The normalized spacial score (nSPS) is 15.2. The lowest BCUT2D eigenvalue weighted by Gasteiger charge is -2.15. The lowest BCUT2D eigenvalue weighted by atomic mass is 9.87. The van der Waals surface area contributed by atoms with Crippen LogP contribution in [0.3, 0.4) is 0 Å². The maximum absolute atomic E-state index is 13.6. The van der Waals surface area contributed by atoms with Crippen molar-refractivity contribution in [2.24, 2.45) is 0 Å². The Hall–Kier alpha value is -5.62. The molecule has 0 unspecified atom stereocenters. The lowest BCUT2D eigenvalue weighted by molar-refractivity contribution is 0.104. The predicted octanol–water partition coefficient (Wildman–Crippen LogP) is 9.15. The summed E-state index contributed by atoms with van der Waals surface area (Å²) in [6, 6.07) is 31.5. The molecule has 0 spiro atoms. The Balaban J connectivity index is 1.42. The minimum absolute atomic E-state index is 0.0853. The fraction of sp³-hybridized carbons (Fsp3) is 0.190. The fourth-order valence-corrected chi connectivity index (χ4v) is 6.45. The van der Waals surface area contributed by atoms with Crippen molar-refractivity contribution < 1.29 is 9.59 Å². The van der Waals surface area contributed by atoms with Crippen LogP contribution in [0.5, 0.6) is 0 Å². The molecule has 2 aromatic carbocycles. The molecule has 6 heteroatoms. The van der Waals surface area contributed by atoms with Crippen molar-refractivity contribution in [2.45, 2.75) is 51.4 Å². The highest BCUT2D eigenvalue weighted by molar-refractivity contribution is 6.13. The first-order valence-electron chi connectivity index (χ1n) is 16.3. The van der Waals surface area contributed by atoms with Gasteiger partial charge in [0.2, 0.25) is 0 Å². The Morgan fingerprint density at radius 3 is 1.38 bits per heavy atom. The van der Waals surface area contributed by atoms with Crippen molar-refractivity contribution >= 4 is 45.8 Å². The molecule has 0 amide bonds. The van der Waals surface area contributed by atoms with Crippen LogP contribution >= 0.6 is 0 Å². The number of nitrogens with zero attached hydrogens (tertiary/aromatic N) is 2. The van der Waals surface area contributed by atoms with E-state index in [1.54, 1.807) is 12.2 Å². The Bertz CT molecular complexity index is 2110. The first-order valence-corrected chi connectivity index (χ1v) is 16.3. The van der Waals surface area contributed by atoms with Gasteiger partial charge in [-0.2, -0.15) is 0 Å². The Kier molecular flexibility index (Phi) is 7.88. The summed E-state index contributed by atoms with van der Waals surface area (Å²) < 4.78 is 0. The second-order valence-electron chi connectivity index (χ2n) is 14.0. The number of ketones is 2. The SMILES string of the molecule is CC1(C)Cc2cc3[nH]c(cc4nc(cc5[nH]c(cc1n2)cc5C(=O)/C=C/c1ccccc1)CC4(C)C)cc3C(=O)/C=C/c1ccccc1. The third-order valence-corrected chi connectivity index (χ3v) is 9.09. The van der Waals surface area contributed by atoms with Crippen LogP contribution in [-0.2, 0) is 23.7 Å². The van der Waals surface area contributed by atoms with E-state index in [9.17, 15) is 9.59 Å². The number of aromatic amines is 2. The van der Waals surface area contributed by atoms with Crippen LogP contribution in [0.1, 0.15) is 82.3 Å². The van der Waals surface area contributed by atoms with Gasteiger partial charge in [-0.25, -0.2) is 0 Å². The third kappa shape index (κ3) is 6.47. The van der Waals surface area contributed by atoms with Crippen molar-refractivity contribution in [1.29, 1.82) is 0 Å². The van der Waals surface area contributed by atoms with Crippen LogP contribution < -0.4 is 0 Å². The molecule has 48 heavy (non-hydrogen) atoms. The average molecular weight is 631 g/mol. The highest BCUT2D eigenvalue weighted by Gasteiger charge is 2.30. The minimum Gasteiger partial charge on any atom is -0.355 e. The molecule has 6 nitrogen and oxygen atoms in total. The van der Waals surface area contributed by atoms with E-state index in [1.807, 2.05) is 109 Å². The lowest BCUT2D eigenvalue weighted by Crippen LogP contribution is -2.15. The van der Waals surface area contributed by atoms with Crippen LogP contribution in [0.15, 0.2) is 109 Å². The van der Waals surface area contributed by atoms with E-state index in [2.05, 4.69) is 37.7 Å². The second kappa shape index (κ2) is 12.2. The zero-order valence-electron chi connectivity index (χ0n) is 27.7. The Morgan fingerprint density at radius 2 is 0.979 bits per heavy atom. The van der Waals surface area contributed by atoms with Crippen LogP contribution in [0.2, 0.25) is 0 Å². The van der Waals surface area contributed by atoms with E-state index in [-0.39, 0.29) is 22.4 Å². The highest BCUT2D eigenvalue weighted by Crippen LogP contribution is 2.34. The summed E-state index contributed by atoms with van der Waals surface area (Å²) >= 11 is 0. The van der Waals surface area contributed by atoms with Crippen LogP contribution in [0.4, 0.5) is 0 Å². The molecule has 3 aromatic heterocycles. The number of allylic oxidation sites excluding steroid dienone is 2. The molecule has 2 aliphatic heterocycles. The van der Waals surface area contributed by atoms with Gasteiger partial charge >= 0.3 is 0 Å². The first kappa shape index (κ1) is 31.0. The third-order valence-electron chi connectivity index (χ3n) is 9.09. The van der Waals surface area contributed by atoms with Gasteiger partial charge in [-0.1, -0.05) is 101 Å². The van der Waals surface area contributed by atoms with E-state index in [0.717, 1.165) is 56.0 Å². The molecule has 0 saturated carbocycles. The van der Waals surface area contributed by atoms with Gasteiger partial charge in [-0.05, 0) is 59.7 Å². The summed E-state index contributed by atoms with van der Waals surface area (Å²) in [5.41, 5.74) is 9.19. The number of rotatable bonds is 6. The molecular formula is C42H38N4O2. The van der Waals surface area contributed by atoms with Gasteiger partial charge in [0, 0.05) is 68.6 Å². The van der Waals surface area contributed by atoms with Gasteiger partial charge in [0.25, 0.3) is 0 Å². The highest BCUT2D eigenvalue weighted by atomic mass is 16.1. The minimum atomic E-state index is -0.256. The molecule has 0 fully saturated rings. The van der Waals surface area contributed by atoms with Gasteiger partial charge in [-0.3, -0.25) is 19.6 Å². The van der Waals surface area contributed by atoms with E-state index >= 15 is 0 Å². The smallest absolute Gasteiger partial charge is 0.188 e. The Morgan fingerprint density at radius 1 is 0.583 bits per heavy atom. The summed E-state index contributed by atoms with van der Waals surface area (Å²) in [5, 5.41) is 0. The Labute approximate surface area is 280 Å². The first-order chi connectivity index (χ1) is 23.0. The van der Waals surface area contributed by atoms with Gasteiger partial charge in [0.15, 0.2) is 11.6 Å².